The third-order valence-corrected chi connectivity index (χ3v) is 4.07. The monoisotopic (exact) mass is 344 g/mol. The van der Waals surface area contributed by atoms with E-state index in [2.05, 4.69) is 10.2 Å². The van der Waals surface area contributed by atoms with Crippen LogP contribution in [0.3, 0.4) is 0 Å². The van der Waals surface area contributed by atoms with Gasteiger partial charge in [0.1, 0.15) is 6.61 Å². The number of nitrogens with zero attached hydrogens (tertiary/aromatic N) is 4. The van der Waals surface area contributed by atoms with Crippen molar-refractivity contribution in [3.63, 3.8) is 0 Å². The van der Waals surface area contributed by atoms with E-state index in [9.17, 15) is 0 Å². The van der Waals surface area contributed by atoms with Crippen molar-refractivity contribution in [2.24, 2.45) is 0 Å². The second kappa shape index (κ2) is 6.88. The normalized spacial score (nSPS) is 10.8. The number of ether oxygens (including phenoxy) is 1. The van der Waals surface area contributed by atoms with Crippen LogP contribution in [0.15, 0.2) is 72.8 Å². The summed E-state index contributed by atoms with van der Waals surface area (Å²) in [6, 6.07) is 24.1. The lowest BCUT2D eigenvalue weighted by Gasteiger charge is -2.11. The molecular formula is C21H20N4O. The first kappa shape index (κ1) is 16.1. The van der Waals surface area contributed by atoms with Gasteiger partial charge in [0.2, 0.25) is 5.88 Å². The van der Waals surface area contributed by atoms with E-state index in [1.807, 2.05) is 96.0 Å². The lowest BCUT2D eigenvalue weighted by Crippen LogP contribution is -2.08. The fraction of sp³-hybridized carbons (Fsp3) is 0.143. The molecule has 0 saturated carbocycles. The molecule has 2 aromatic heterocycles. The van der Waals surface area contributed by atoms with Gasteiger partial charge in [-0.1, -0.05) is 36.4 Å². The highest BCUT2D eigenvalue weighted by molar-refractivity contribution is 5.36. The Morgan fingerprint density at radius 3 is 1.92 bits per heavy atom. The lowest BCUT2D eigenvalue weighted by molar-refractivity contribution is 0.277. The zero-order chi connectivity index (χ0) is 17.9. The van der Waals surface area contributed by atoms with Crippen LogP contribution >= 0.6 is 0 Å². The third-order valence-electron chi connectivity index (χ3n) is 4.07. The molecule has 0 N–H and O–H groups in total. The molecule has 4 rings (SSSR count). The Balaban J connectivity index is 1.62. The molecule has 0 aliphatic carbocycles. The molecule has 0 bridgehead atoms. The summed E-state index contributed by atoms with van der Waals surface area (Å²) in [5.74, 6) is 0.715. The van der Waals surface area contributed by atoms with E-state index >= 15 is 0 Å². The highest BCUT2D eigenvalue weighted by Crippen LogP contribution is 2.21. The van der Waals surface area contributed by atoms with Gasteiger partial charge < -0.3 is 4.74 Å². The lowest BCUT2D eigenvalue weighted by atomic mass is 10.3. The molecule has 5 nitrogen and oxygen atoms in total. The van der Waals surface area contributed by atoms with Crippen molar-refractivity contribution in [2.45, 2.75) is 20.5 Å². The van der Waals surface area contributed by atoms with E-state index in [4.69, 9.17) is 4.74 Å². The Kier molecular flexibility index (Phi) is 4.27. The van der Waals surface area contributed by atoms with Crippen molar-refractivity contribution in [2.75, 3.05) is 0 Å². The fourth-order valence-electron chi connectivity index (χ4n) is 2.93. The Hall–Kier alpha value is -3.34. The summed E-state index contributed by atoms with van der Waals surface area (Å²) < 4.78 is 9.86. The fourth-order valence-corrected chi connectivity index (χ4v) is 2.93. The minimum Gasteiger partial charge on any atom is -0.471 e. The number of aryl methyl sites for hydroxylation is 2. The van der Waals surface area contributed by atoms with Crippen LogP contribution < -0.4 is 4.74 Å². The second-order valence-corrected chi connectivity index (χ2v) is 6.18. The first-order chi connectivity index (χ1) is 12.7. The van der Waals surface area contributed by atoms with Gasteiger partial charge in [-0.25, -0.2) is 9.36 Å². The summed E-state index contributed by atoms with van der Waals surface area (Å²) in [6.07, 6.45) is 0. The molecule has 0 unspecified atom stereocenters. The smallest absolute Gasteiger partial charge is 0.217 e. The van der Waals surface area contributed by atoms with Gasteiger partial charge in [-0.15, -0.1) is 0 Å². The molecule has 5 heteroatoms. The van der Waals surface area contributed by atoms with Gasteiger partial charge in [0, 0.05) is 6.07 Å². The van der Waals surface area contributed by atoms with E-state index in [0.29, 0.717) is 12.5 Å². The number of aromatic nitrogens is 4. The number of benzene rings is 2. The number of hydrogen-bond donors (Lipinski definition) is 0. The van der Waals surface area contributed by atoms with Gasteiger partial charge in [-0.3, -0.25) is 0 Å². The molecule has 2 aromatic carbocycles. The van der Waals surface area contributed by atoms with Crippen LogP contribution in [0.2, 0.25) is 0 Å². The molecule has 0 radical (unpaired) electrons. The highest BCUT2D eigenvalue weighted by atomic mass is 16.5. The van der Waals surface area contributed by atoms with Crippen molar-refractivity contribution >= 4 is 0 Å². The molecule has 130 valence electrons. The largest absolute Gasteiger partial charge is 0.471 e. The van der Waals surface area contributed by atoms with Crippen LogP contribution in [0, 0.1) is 13.8 Å². The number of para-hydroxylation sites is 2. The summed E-state index contributed by atoms with van der Waals surface area (Å²) in [5, 5.41) is 9.14. The molecular weight excluding hydrogens is 324 g/mol. The SMILES string of the molecule is Cc1cc(COc2cc(C)nn2-c2ccccc2)n(-c2ccccc2)n1. The van der Waals surface area contributed by atoms with Gasteiger partial charge in [-0.2, -0.15) is 10.2 Å². The third kappa shape index (κ3) is 3.24. The van der Waals surface area contributed by atoms with Gasteiger partial charge in [0.05, 0.1) is 28.5 Å². The Morgan fingerprint density at radius 2 is 1.27 bits per heavy atom. The first-order valence-corrected chi connectivity index (χ1v) is 8.56. The van der Waals surface area contributed by atoms with E-state index in [1.165, 1.54) is 0 Å². The molecule has 0 atom stereocenters. The van der Waals surface area contributed by atoms with Crippen LogP contribution in [-0.4, -0.2) is 19.6 Å². The maximum Gasteiger partial charge on any atom is 0.217 e. The van der Waals surface area contributed by atoms with Gasteiger partial charge in [-0.05, 0) is 44.2 Å². The van der Waals surface area contributed by atoms with Crippen molar-refractivity contribution in [3.05, 3.63) is 89.9 Å². The van der Waals surface area contributed by atoms with Crippen LogP contribution in [-0.2, 0) is 6.61 Å². The molecule has 0 fully saturated rings. The average Bonchev–Trinajstić information content (AvgIpc) is 3.23. The molecule has 0 aliphatic rings. The summed E-state index contributed by atoms with van der Waals surface area (Å²) >= 11 is 0. The predicted molar refractivity (Wildman–Crippen MR) is 101 cm³/mol. The zero-order valence-corrected chi connectivity index (χ0v) is 14.8. The maximum absolute atomic E-state index is 6.11. The van der Waals surface area contributed by atoms with E-state index in [-0.39, 0.29) is 0 Å². The van der Waals surface area contributed by atoms with Crippen molar-refractivity contribution in [1.29, 1.82) is 0 Å². The molecule has 2 heterocycles. The number of hydrogen-bond acceptors (Lipinski definition) is 3. The molecule has 0 spiro atoms. The number of rotatable bonds is 5. The van der Waals surface area contributed by atoms with Crippen molar-refractivity contribution in [3.8, 4) is 17.3 Å². The molecule has 26 heavy (non-hydrogen) atoms. The van der Waals surface area contributed by atoms with Crippen LogP contribution in [0.1, 0.15) is 17.1 Å². The second-order valence-electron chi connectivity index (χ2n) is 6.18. The molecule has 0 aliphatic heterocycles. The quantitative estimate of drug-likeness (QED) is 0.543. The summed E-state index contributed by atoms with van der Waals surface area (Å²) in [4.78, 5) is 0. The van der Waals surface area contributed by atoms with Crippen molar-refractivity contribution < 1.29 is 4.74 Å². The summed E-state index contributed by atoms with van der Waals surface area (Å²) in [7, 11) is 0. The Bertz CT molecular complexity index is 919. The van der Waals surface area contributed by atoms with Crippen LogP contribution in [0.5, 0.6) is 5.88 Å². The minimum atomic E-state index is 0.410. The Labute approximate surface area is 152 Å². The van der Waals surface area contributed by atoms with Crippen LogP contribution in [0.25, 0.3) is 11.4 Å². The van der Waals surface area contributed by atoms with E-state index in [0.717, 1.165) is 28.5 Å². The maximum atomic E-state index is 6.11. The predicted octanol–water partition coefficient (Wildman–Crippen LogP) is 4.25. The van der Waals surface area contributed by atoms with Crippen molar-refractivity contribution in [1.82, 2.24) is 19.6 Å². The first-order valence-electron chi connectivity index (χ1n) is 8.56. The minimum absolute atomic E-state index is 0.410. The topological polar surface area (TPSA) is 44.9 Å². The zero-order valence-electron chi connectivity index (χ0n) is 14.8. The van der Waals surface area contributed by atoms with E-state index in [1.54, 1.807) is 0 Å². The summed E-state index contributed by atoms with van der Waals surface area (Å²) in [6.45, 7) is 4.36. The molecule has 4 aromatic rings. The summed E-state index contributed by atoms with van der Waals surface area (Å²) in [5.41, 5.74) is 4.86. The molecule has 0 amide bonds. The Morgan fingerprint density at radius 1 is 0.731 bits per heavy atom. The van der Waals surface area contributed by atoms with Gasteiger partial charge in [0.15, 0.2) is 0 Å². The molecule has 0 saturated heterocycles. The standard InChI is InChI=1S/C21H20N4O/c1-16-13-20(24(22-16)18-9-5-3-6-10-18)15-26-21-14-17(2)23-25(21)19-11-7-4-8-12-19/h3-14H,15H2,1-2H3. The average molecular weight is 344 g/mol. The van der Waals surface area contributed by atoms with Gasteiger partial charge in [0.25, 0.3) is 0 Å². The van der Waals surface area contributed by atoms with Gasteiger partial charge >= 0.3 is 0 Å². The highest BCUT2D eigenvalue weighted by Gasteiger charge is 2.12. The van der Waals surface area contributed by atoms with E-state index < -0.39 is 0 Å². The van der Waals surface area contributed by atoms with Crippen LogP contribution in [0.4, 0.5) is 0 Å².